The maximum Gasteiger partial charge on any atom is 0.231 e. The van der Waals surface area contributed by atoms with Crippen LogP contribution in [0.4, 0.5) is 5.82 Å². The van der Waals surface area contributed by atoms with E-state index in [2.05, 4.69) is 44.1 Å². The summed E-state index contributed by atoms with van der Waals surface area (Å²) in [5.74, 6) is 1.18. The van der Waals surface area contributed by atoms with Crippen molar-refractivity contribution in [3.8, 4) is 0 Å². The fourth-order valence-electron chi connectivity index (χ4n) is 7.57. The Morgan fingerprint density at radius 1 is 1.08 bits per heavy atom. The molecule has 1 aromatic carbocycles. The van der Waals surface area contributed by atoms with Crippen LogP contribution >= 0.6 is 11.6 Å². The topological polar surface area (TPSA) is 81.6 Å². The van der Waals surface area contributed by atoms with E-state index in [1.807, 2.05) is 12.1 Å². The van der Waals surface area contributed by atoms with E-state index < -0.39 is 6.10 Å². The highest BCUT2D eigenvalue weighted by Gasteiger charge is 2.50. The van der Waals surface area contributed by atoms with Crippen LogP contribution in [0.2, 0.25) is 5.02 Å². The van der Waals surface area contributed by atoms with E-state index in [0.717, 1.165) is 48.7 Å². The van der Waals surface area contributed by atoms with E-state index in [1.54, 1.807) is 6.33 Å². The third kappa shape index (κ3) is 4.53. The van der Waals surface area contributed by atoms with Crippen LogP contribution in [0, 0.1) is 5.41 Å². The van der Waals surface area contributed by atoms with Gasteiger partial charge in [0.2, 0.25) is 5.91 Å². The van der Waals surface area contributed by atoms with Crippen molar-refractivity contribution in [2.45, 2.75) is 75.9 Å². The van der Waals surface area contributed by atoms with Crippen LogP contribution in [0.5, 0.6) is 0 Å². The number of nitrogens with one attached hydrogen (secondary N) is 1. The summed E-state index contributed by atoms with van der Waals surface area (Å²) in [7, 11) is 0. The van der Waals surface area contributed by atoms with Crippen LogP contribution in [0.15, 0.2) is 30.6 Å². The minimum absolute atomic E-state index is 0.159. The van der Waals surface area contributed by atoms with Crippen molar-refractivity contribution < 1.29 is 9.90 Å². The molecule has 1 saturated carbocycles. The van der Waals surface area contributed by atoms with Gasteiger partial charge in [-0.25, -0.2) is 9.97 Å². The van der Waals surface area contributed by atoms with Crippen molar-refractivity contribution in [3.63, 3.8) is 0 Å². The van der Waals surface area contributed by atoms with Gasteiger partial charge in [0.1, 0.15) is 12.1 Å². The molecular formula is C29H38ClN5O2. The van der Waals surface area contributed by atoms with E-state index >= 15 is 0 Å². The van der Waals surface area contributed by atoms with Crippen molar-refractivity contribution in [3.05, 3.63) is 52.4 Å². The van der Waals surface area contributed by atoms with E-state index in [1.165, 1.54) is 32.1 Å². The number of amides is 1. The van der Waals surface area contributed by atoms with Crippen LogP contribution in [-0.2, 0) is 4.79 Å². The third-order valence-electron chi connectivity index (χ3n) is 9.49. The number of aliphatic hydroxyl groups excluding tert-OH is 1. The highest BCUT2D eigenvalue weighted by Crippen LogP contribution is 2.49. The number of nitrogens with zero attached hydrogens (tertiary/aromatic N) is 4. The standard InChI is InChI=1S/C29H38ClN5O2/c1-19-17-22(36)25-23(19)27(33-18-32-25)34-13-15-35(16-14-34)28(37)24(20-5-7-21(30)8-6-20)26-29(11-12-31-26)9-3-2-4-10-29/h5-8,18-19,22,24,26,31,36H,2-4,9-17H2,1H3/t19-,22-,24+,26-/m1/s1. The summed E-state index contributed by atoms with van der Waals surface area (Å²) in [5.41, 5.74) is 3.11. The molecular weight excluding hydrogens is 486 g/mol. The number of hydrogen-bond donors (Lipinski definition) is 2. The van der Waals surface area contributed by atoms with Crippen LogP contribution in [0.1, 0.15) is 86.6 Å². The number of carbonyl (C=O) groups is 1. The summed E-state index contributed by atoms with van der Waals surface area (Å²) in [6.07, 6.45) is 9.14. The number of benzene rings is 1. The van der Waals surface area contributed by atoms with Gasteiger partial charge in [-0.2, -0.15) is 0 Å². The summed E-state index contributed by atoms with van der Waals surface area (Å²) >= 11 is 6.24. The molecule has 2 N–H and O–H groups in total. The Morgan fingerprint density at radius 2 is 1.81 bits per heavy atom. The summed E-state index contributed by atoms with van der Waals surface area (Å²) in [5, 5.41) is 14.9. The predicted molar refractivity (Wildman–Crippen MR) is 145 cm³/mol. The summed E-state index contributed by atoms with van der Waals surface area (Å²) < 4.78 is 0. The molecule has 3 fully saturated rings. The lowest BCUT2D eigenvalue weighted by Gasteiger charge is -2.44. The highest BCUT2D eigenvalue weighted by atomic mass is 35.5. The van der Waals surface area contributed by atoms with Gasteiger partial charge in [-0.15, -0.1) is 0 Å². The molecule has 2 aliphatic heterocycles. The van der Waals surface area contributed by atoms with Gasteiger partial charge in [0.25, 0.3) is 0 Å². The van der Waals surface area contributed by atoms with Crippen LogP contribution < -0.4 is 10.2 Å². The number of aromatic nitrogens is 2. The van der Waals surface area contributed by atoms with Crippen LogP contribution in [-0.4, -0.2) is 64.6 Å². The monoisotopic (exact) mass is 523 g/mol. The number of piperazine rings is 1. The molecule has 1 spiro atoms. The van der Waals surface area contributed by atoms with Gasteiger partial charge in [-0.1, -0.05) is 49.9 Å². The molecule has 4 aliphatic rings. The molecule has 2 aliphatic carbocycles. The fourth-order valence-corrected chi connectivity index (χ4v) is 7.70. The molecule has 1 aromatic heterocycles. The Hall–Kier alpha value is -2.22. The Bertz CT molecular complexity index is 1130. The third-order valence-corrected chi connectivity index (χ3v) is 9.75. The zero-order valence-electron chi connectivity index (χ0n) is 21.7. The number of rotatable bonds is 4. The normalized spacial score (nSPS) is 27.9. The number of aliphatic hydroxyl groups is 1. The molecule has 0 radical (unpaired) electrons. The quantitative estimate of drug-likeness (QED) is 0.617. The van der Waals surface area contributed by atoms with Gasteiger partial charge in [-0.05, 0) is 61.3 Å². The lowest BCUT2D eigenvalue weighted by molar-refractivity contribution is -0.134. The molecule has 1 amide bonds. The average Bonchev–Trinajstić information content (AvgIpc) is 3.45. The Labute approximate surface area is 224 Å². The van der Waals surface area contributed by atoms with Crippen molar-refractivity contribution in [2.75, 3.05) is 37.6 Å². The molecule has 2 saturated heterocycles. The molecule has 6 rings (SSSR count). The predicted octanol–water partition coefficient (Wildman–Crippen LogP) is 4.42. The maximum absolute atomic E-state index is 14.3. The largest absolute Gasteiger partial charge is 0.387 e. The number of halogens is 1. The first-order chi connectivity index (χ1) is 18.0. The van der Waals surface area contributed by atoms with Gasteiger partial charge in [-0.3, -0.25) is 4.79 Å². The van der Waals surface area contributed by atoms with Crippen molar-refractivity contribution in [1.82, 2.24) is 20.2 Å². The molecule has 7 nitrogen and oxygen atoms in total. The summed E-state index contributed by atoms with van der Waals surface area (Å²) in [6, 6.07) is 8.10. The number of anilines is 1. The van der Waals surface area contributed by atoms with Crippen LogP contribution in [0.25, 0.3) is 0 Å². The summed E-state index contributed by atoms with van der Waals surface area (Å²) in [4.78, 5) is 27.6. The van der Waals surface area contributed by atoms with Crippen molar-refractivity contribution >= 4 is 23.3 Å². The Morgan fingerprint density at radius 3 is 2.54 bits per heavy atom. The smallest absolute Gasteiger partial charge is 0.231 e. The molecule has 0 unspecified atom stereocenters. The van der Waals surface area contributed by atoms with E-state index in [4.69, 9.17) is 11.6 Å². The number of carbonyl (C=O) groups excluding carboxylic acids is 1. The first-order valence-corrected chi connectivity index (χ1v) is 14.4. The van der Waals surface area contributed by atoms with E-state index in [0.29, 0.717) is 24.5 Å². The Balaban J connectivity index is 1.24. The van der Waals surface area contributed by atoms with Gasteiger partial charge in [0, 0.05) is 42.8 Å². The minimum Gasteiger partial charge on any atom is -0.387 e. The Kier molecular flexibility index (Phi) is 6.88. The van der Waals surface area contributed by atoms with Gasteiger partial charge < -0.3 is 20.2 Å². The second kappa shape index (κ2) is 10.2. The highest BCUT2D eigenvalue weighted by molar-refractivity contribution is 6.30. The zero-order chi connectivity index (χ0) is 25.6. The first-order valence-electron chi connectivity index (χ1n) is 14.0. The molecule has 3 heterocycles. The number of fused-ring (bicyclic) bond motifs is 1. The molecule has 8 heteroatoms. The van der Waals surface area contributed by atoms with Crippen LogP contribution in [0.3, 0.4) is 0 Å². The lowest BCUT2D eigenvalue weighted by atomic mass is 9.64. The minimum atomic E-state index is -0.513. The molecule has 0 bridgehead atoms. The second-order valence-electron chi connectivity index (χ2n) is 11.6. The average molecular weight is 524 g/mol. The second-order valence-corrected chi connectivity index (χ2v) is 12.0. The molecule has 37 heavy (non-hydrogen) atoms. The summed E-state index contributed by atoms with van der Waals surface area (Å²) in [6.45, 7) is 5.91. The number of hydrogen-bond acceptors (Lipinski definition) is 6. The maximum atomic E-state index is 14.3. The lowest BCUT2D eigenvalue weighted by Crippen LogP contribution is -2.54. The molecule has 2 aromatic rings. The SMILES string of the molecule is C[C@@H]1C[C@@H](O)c2ncnc(N3CCN(C(=O)[C@@H](c4ccc(Cl)cc4)[C@H]4NCCC45CCCCC5)CC3)c21. The van der Waals surface area contributed by atoms with E-state index in [9.17, 15) is 9.90 Å². The zero-order valence-corrected chi connectivity index (χ0v) is 22.5. The van der Waals surface area contributed by atoms with E-state index in [-0.39, 0.29) is 29.2 Å². The van der Waals surface area contributed by atoms with Gasteiger partial charge >= 0.3 is 0 Å². The fraction of sp³-hybridized carbons (Fsp3) is 0.621. The molecule has 198 valence electrons. The van der Waals surface area contributed by atoms with Crippen molar-refractivity contribution in [2.24, 2.45) is 5.41 Å². The van der Waals surface area contributed by atoms with Gasteiger partial charge in [0.05, 0.1) is 17.7 Å². The van der Waals surface area contributed by atoms with Gasteiger partial charge in [0.15, 0.2) is 0 Å². The molecule has 4 atom stereocenters. The first kappa shape index (κ1) is 25.1. The van der Waals surface area contributed by atoms with Crippen molar-refractivity contribution in [1.29, 1.82) is 0 Å².